The summed E-state index contributed by atoms with van der Waals surface area (Å²) in [5.41, 5.74) is 3.17. The third-order valence-electron chi connectivity index (χ3n) is 3.83. The Kier molecular flexibility index (Phi) is 3.71. The van der Waals surface area contributed by atoms with Gasteiger partial charge in [0.05, 0.1) is 4.90 Å². The summed E-state index contributed by atoms with van der Waals surface area (Å²) in [6, 6.07) is 6.55. The zero-order chi connectivity index (χ0) is 14.1. The molecule has 2 aromatic rings. The minimum Gasteiger partial charge on any atom is -0.481 e. The Balaban J connectivity index is 1.36. The van der Waals surface area contributed by atoms with Crippen LogP contribution in [0.15, 0.2) is 28.6 Å². The molecule has 1 fully saturated rings. The van der Waals surface area contributed by atoms with E-state index in [1.165, 1.54) is 10.5 Å². The Morgan fingerprint density at radius 1 is 1.19 bits per heavy atom. The molecule has 0 saturated carbocycles. The van der Waals surface area contributed by atoms with Crippen molar-refractivity contribution >= 4 is 28.2 Å². The van der Waals surface area contributed by atoms with E-state index < -0.39 is 0 Å². The van der Waals surface area contributed by atoms with Crippen LogP contribution in [0.25, 0.3) is 0 Å². The van der Waals surface area contributed by atoms with Gasteiger partial charge in [-0.15, -0.1) is 10.2 Å². The topological polar surface area (TPSA) is 41.5 Å². The fourth-order valence-electron chi connectivity index (χ4n) is 2.70. The standard InChI is InChI=1S/C14H16N4OS2/c1-2-12-13(21-10-19-12)7-11(1)8-17-3-5-18(6-4-17)14-16-15-9-20-14/h1-2,7,9H,3-6,8,10H2. The zero-order valence-corrected chi connectivity index (χ0v) is 13.2. The summed E-state index contributed by atoms with van der Waals surface area (Å²) >= 11 is 3.40. The highest BCUT2D eigenvalue weighted by Gasteiger charge is 2.20. The Bertz CT molecular complexity index is 611. The summed E-state index contributed by atoms with van der Waals surface area (Å²) in [5, 5.41) is 9.11. The molecule has 0 aliphatic carbocycles. The van der Waals surface area contributed by atoms with Gasteiger partial charge in [-0.2, -0.15) is 0 Å². The van der Waals surface area contributed by atoms with E-state index >= 15 is 0 Å². The van der Waals surface area contributed by atoms with Crippen LogP contribution < -0.4 is 9.64 Å². The smallest absolute Gasteiger partial charge is 0.208 e. The van der Waals surface area contributed by atoms with Crippen LogP contribution in [0.2, 0.25) is 0 Å². The molecular weight excluding hydrogens is 304 g/mol. The first-order valence-electron chi connectivity index (χ1n) is 7.00. The summed E-state index contributed by atoms with van der Waals surface area (Å²) in [6.07, 6.45) is 0. The molecule has 5 nitrogen and oxygen atoms in total. The van der Waals surface area contributed by atoms with Crippen LogP contribution >= 0.6 is 23.1 Å². The fraction of sp³-hybridized carbons (Fsp3) is 0.429. The average molecular weight is 320 g/mol. The van der Waals surface area contributed by atoms with E-state index in [2.05, 4.69) is 38.2 Å². The van der Waals surface area contributed by atoms with Crippen molar-refractivity contribution in [2.24, 2.45) is 0 Å². The number of hydrogen-bond donors (Lipinski definition) is 0. The van der Waals surface area contributed by atoms with E-state index in [1.54, 1.807) is 28.6 Å². The van der Waals surface area contributed by atoms with Crippen LogP contribution in [0.3, 0.4) is 0 Å². The van der Waals surface area contributed by atoms with Gasteiger partial charge in [0.15, 0.2) is 0 Å². The molecule has 2 aliphatic heterocycles. The molecule has 7 heteroatoms. The summed E-state index contributed by atoms with van der Waals surface area (Å²) in [5.74, 6) is 1.78. The van der Waals surface area contributed by atoms with Crippen molar-refractivity contribution in [1.29, 1.82) is 0 Å². The monoisotopic (exact) mass is 320 g/mol. The van der Waals surface area contributed by atoms with Gasteiger partial charge in [0.2, 0.25) is 5.13 Å². The van der Waals surface area contributed by atoms with Crippen LogP contribution in [-0.2, 0) is 6.54 Å². The number of piperazine rings is 1. The Labute approximate surface area is 131 Å². The second kappa shape index (κ2) is 5.82. The van der Waals surface area contributed by atoms with Gasteiger partial charge in [-0.1, -0.05) is 29.2 Å². The third-order valence-corrected chi connectivity index (χ3v) is 5.45. The molecule has 0 spiro atoms. The van der Waals surface area contributed by atoms with Gasteiger partial charge in [-0.3, -0.25) is 4.90 Å². The van der Waals surface area contributed by atoms with E-state index in [4.69, 9.17) is 4.74 Å². The lowest BCUT2D eigenvalue weighted by molar-refractivity contribution is 0.249. The van der Waals surface area contributed by atoms with Crippen LogP contribution in [0.5, 0.6) is 5.75 Å². The summed E-state index contributed by atoms with van der Waals surface area (Å²) in [7, 11) is 0. The number of thioether (sulfide) groups is 1. The number of fused-ring (bicyclic) bond motifs is 1. The lowest BCUT2D eigenvalue weighted by atomic mass is 10.2. The quantitative estimate of drug-likeness (QED) is 0.864. The number of hydrogen-bond acceptors (Lipinski definition) is 7. The first kappa shape index (κ1) is 13.4. The molecular formula is C14H16N4OS2. The second-order valence-electron chi connectivity index (χ2n) is 5.17. The maximum Gasteiger partial charge on any atom is 0.208 e. The maximum absolute atomic E-state index is 5.53. The molecule has 1 aromatic carbocycles. The summed E-state index contributed by atoms with van der Waals surface area (Å²) in [6.45, 7) is 5.20. The van der Waals surface area contributed by atoms with E-state index in [0.717, 1.165) is 49.5 Å². The van der Waals surface area contributed by atoms with Crippen molar-refractivity contribution in [2.45, 2.75) is 11.4 Å². The number of ether oxygens (including phenoxy) is 1. The van der Waals surface area contributed by atoms with Crippen molar-refractivity contribution in [1.82, 2.24) is 15.1 Å². The predicted molar refractivity (Wildman–Crippen MR) is 85.2 cm³/mol. The molecule has 0 N–H and O–H groups in total. The lowest BCUT2D eigenvalue weighted by Gasteiger charge is -2.34. The average Bonchev–Trinajstić information content (AvgIpc) is 3.19. The molecule has 1 aromatic heterocycles. The molecule has 21 heavy (non-hydrogen) atoms. The van der Waals surface area contributed by atoms with Gasteiger partial charge in [-0.25, -0.2) is 0 Å². The van der Waals surface area contributed by atoms with Crippen molar-refractivity contribution in [2.75, 3.05) is 37.0 Å². The highest BCUT2D eigenvalue weighted by molar-refractivity contribution is 7.99. The Morgan fingerprint density at radius 2 is 2.10 bits per heavy atom. The van der Waals surface area contributed by atoms with E-state index in [1.807, 2.05) is 0 Å². The molecule has 0 unspecified atom stereocenters. The largest absolute Gasteiger partial charge is 0.481 e. The molecule has 0 atom stereocenters. The Morgan fingerprint density at radius 3 is 2.90 bits per heavy atom. The van der Waals surface area contributed by atoms with Gasteiger partial charge >= 0.3 is 0 Å². The van der Waals surface area contributed by atoms with Crippen LogP contribution in [0, 0.1) is 0 Å². The fourth-order valence-corrected chi connectivity index (χ4v) is 4.13. The zero-order valence-electron chi connectivity index (χ0n) is 11.6. The molecule has 110 valence electrons. The third kappa shape index (κ3) is 2.86. The first-order valence-corrected chi connectivity index (χ1v) is 8.87. The van der Waals surface area contributed by atoms with Crippen LogP contribution in [0.4, 0.5) is 5.13 Å². The van der Waals surface area contributed by atoms with Gasteiger partial charge in [-0.05, 0) is 17.7 Å². The van der Waals surface area contributed by atoms with Gasteiger partial charge in [0, 0.05) is 32.7 Å². The highest BCUT2D eigenvalue weighted by atomic mass is 32.2. The van der Waals surface area contributed by atoms with Gasteiger partial charge in [0.25, 0.3) is 0 Å². The molecule has 4 rings (SSSR count). The number of rotatable bonds is 3. The molecule has 0 bridgehead atoms. The normalized spacial score (nSPS) is 18.6. The molecule has 1 saturated heterocycles. The number of aromatic nitrogens is 2. The minimum absolute atomic E-state index is 0.749. The van der Waals surface area contributed by atoms with Crippen molar-refractivity contribution < 1.29 is 4.74 Å². The maximum atomic E-state index is 5.53. The van der Waals surface area contributed by atoms with E-state index in [9.17, 15) is 0 Å². The first-order chi connectivity index (χ1) is 10.4. The second-order valence-corrected chi connectivity index (χ2v) is 6.95. The molecule has 0 amide bonds. The van der Waals surface area contributed by atoms with Crippen molar-refractivity contribution in [3.8, 4) is 5.75 Å². The van der Waals surface area contributed by atoms with Crippen LogP contribution in [-0.4, -0.2) is 47.2 Å². The SMILES string of the molecule is c1nnc(N2CCN(Cc3ccc4c(c3)SCO4)CC2)s1. The number of benzene rings is 1. The summed E-state index contributed by atoms with van der Waals surface area (Å²) < 4.78 is 5.53. The van der Waals surface area contributed by atoms with E-state index in [0.29, 0.717) is 0 Å². The van der Waals surface area contributed by atoms with Gasteiger partial charge in [0.1, 0.15) is 17.2 Å². The van der Waals surface area contributed by atoms with Crippen molar-refractivity contribution in [3.63, 3.8) is 0 Å². The Hall–Kier alpha value is -1.31. The number of nitrogens with zero attached hydrogens (tertiary/aromatic N) is 4. The molecule has 0 radical (unpaired) electrons. The number of anilines is 1. The lowest BCUT2D eigenvalue weighted by Crippen LogP contribution is -2.45. The van der Waals surface area contributed by atoms with Crippen molar-refractivity contribution in [3.05, 3.63) is 29.3 Å². The highest BCUT2D eigenvalue weighted by Crippen LogP contribution is 2.36. The minimum atomic E-state index is 0.749. The molecule has 3 heterocycles. The van der Waals surface area contributed by atoms with E-state index in [-0.39, 0.29) is 0 Å². The molecule has 2 aliphatic rings. The van der Waals surface area contributed by atoms with Crippen LogP contribution in [0.1, 0.15) is 5.56 Å². The predicted octanol–water partition coefficient (Wildman–Crippen LogP) is 2.30. The van der Waals surface area contributed by atoms with Gasteiger partial charge < -0.3 is 9.64 Å². The summed E-state index contributed by atoms with van der Waals surface area (Å²) in [4.78, 5) is 6.10.